The molecular weight excluding hydrogens is 618 g/mol. The number of amides is 1. The first-order chi connectivity index (χ1) is 18.7. The summed E-state index contributed by atoms with van der Waals surface area (Å²) in [4.78, 5) is 9.69. The number of benzene rings is 2. The van der Waals surface area contributed by atoms with Gasteiger partial charge in [-0.05, 0) is 58.1 Å². The second-order valence-electron chi connectivity index (χ2n) is 8.11. The van der Waals surface area contributed by atoms with Crippen LogP contribution >= 0.6 is 60.7 Å². The summed E-state index contributed by atoms with van der Waals surface area (Å²) in [5.41, 5.74) is 2.10. The van der Waals surface area contributed by atoms with Crippen molar-refractivity contribution in [3.8, 4) is 11.5 Å². The molecule has 4 nitrogen and oxygen atoms in total. The Morgan fingerprint density at radius 3 is 1.74 bits per heavy atom. The van der Waals surface area contributed by atoms with E-state index < -0.39 is 96.8 Å². The van der Waals surface area contributed by atoms with Gasteiger partial charge in [-0.25, -0.2) is 0 Å². The highest BCUT2D eigenvalue weighted by atomic mass is 32.2. The van der Waals surface area contributed by atoms with Gasteiger partial charge in [0.25, 0.3) is 0 Å². The fraction of sp³-hybridized carbons (Fsp3) is 0.240. The van der Waals surface area contributed by atoms with Crippen molar-refractivity contribution in [1.29, 1.82) is 0 Å². The largest absolute Gasteiger partial charge is 0.489 e. The summed E-state index contributed by atoms with van der Waals surface area (Å²) in [6.45, 7) is 8.34. The van der Waals surface area contributed by atoms with E-state index in [1.165, 1.54) is 6.08 Å². The van der Waals surface area contributed by atoms with Crippen molar-refractivity contribution in [3.05, 3.63) is 53.1 Å². The van der Waals surface area contributed by atoms with Crippen LogP contribution in [0.2, 0.25) is 0 Å². The molecule has 0 aliphatic heterocycles. The van der Waals surface area contributed by atoms with Crippen LogP contribution in [0.4, 0.5) is 25.1 Å². The van der Waals surface area contributed by atoms with Crippen LogP contribution in [0.25, 0.3) is 6.08 Å². The van der Waals surface area contributed by atoms with Gasteiger partial charge in [-0.1, -0.05) is 11.1 Å². The van der Waals surface area contributed by atoms with Gasteiger partial charge in [-0.2, -0.15) is 19.4 Å². The summed E-state index contributed by atoms with van der Waals surface area (Å²) in [5.74, 6) is 0.0849. The first-order valence-corrected chi connectivity index (χ1v) is 14.6. The molecule has 0 spiro atoms. The zero-order chi connectivity index (χ0) is 28.9. The average Bonchev–Trinajstić information content (AvgIpc) is 2.90. The van der Waals surface area contributed by atoms with E-state index in [0.717, 1.165) is 17.2 Å². The summed E-state index contributed by atoms with van der Waals surface area (Å²) in [5, 5.41) is 2.26. The van der Waals surface area contributed by atoms with Crippen molar-refractivity contribution >= 4 is 78.4 Å². The molecule has 0 aromatic heterocycles. The molecule has 0 radical (unpaired) electrons. The molecule has 39 heavy (non-hydrogen) atoms. The average molecular weight is 642 g/mol. The number of ether oxygens (including phenoxy) is 2. The van der Waals surface area contributed by atoms with E-state index in [-0.39, 0.29) is 6.61 Å². The lowest BCUT2D eigenvalue weighted by molar-refractivity contribution is -0.111. The first kappa shape index (κ1) is 33.3. The third-order valence-corrected chi connectivity index (χ3v) is 8.11. The lowest BCUT2D eigenvalue weighted by Gasteiger charge is -2.17. The van der Waals surface area contributed by atoms with Gasteiger partial charge in [0.05, 0.1) is 90.9 Å². The Bertz CT molecular complexity index is 1220. The van der Waals surface area contributed by atoms with E-state index in [2.05, 4.69) is 5.32 Å². The second kappa shape index (κ2) is 17.1. The van der Waals surface area contributed by atoms with Crippen molar-refractivity contribution in [3.63, 3.8) is 0 Å². The van der Waals surface area contributed by atoms with Gasteiger partial charge < -0.3 is 14.8 Å². The maximum Gasteiger partial charge on any atom is 0.248 e. The summed E-state index contributed by atoms with van der Waals surface area (Å²) in [7, 11) is 0. The van der Waals surface area contributed by atoms with Crippen molar-refractivity contribution in [2.45, 2.75) is 52.2 Å². The number of anilines is 1. The molecule has 2 rings (SSSR count). The van der Waals surface area contributed by atoms with Crippen LogP contribution in [0, 0.1) is 0 Å². The molecule has 14 heteroatoms. The summed E-state index contributed by atoms with van der Waals surface area (Å²) < 4.78 is 79.7. The molecule has 0 saturated carbocycles. The third kappa shape index (κ3) is 9.62. The molecule has 0 saturated heterocycles. The fourth-order valence-corrected chi connectivity index (χ4v) is 5.76. The molecule has 0 aliphatic rings. The Morgan fingerprint density at radius 2 is 1.26 bits per heavy atom. The SMILES string of the molecule is CC(C)=CCOc1ccc(C=CC(=O)Nc2c(SF)c(SF)c(SF)c(SF)c2SF)c(OCC=C(C)C)c1. The summed E-state index contributed by atoms with van der Waals surface area (Å²) >= 11 is -2.71. The zero-order valence-corrected chi connectivity index (χ0v) is 25.2. The summed E-state index contributed by atoms with van der Waals surface area (Å²) in [6.07, 6.45) is 6.24. The minimum atomic E-state index is -0.856. The molecule has 0 unspecified atom stereocenters. The van der Waals surface area contributed by atoms with Crippen molar-refractivity contribution < 1.29 is 33.7 Å². The molecule has 212 valence electrons. The summed E-state index contributed by atoms with van der Waals surface area (Å²) in [6, 6.07) is 5.00. The topological polar surface area (TPSA) is 47.6 Å². The van der Waals surface area contributed by atoms with E-state index in [1.54, 1.807) is 18.2 Å². The Morgan fingerprint density at radius 1 is 0.769 bits per heavy atom. The van der Waals surface area contributed by atoms with Crippen LogP contribution < -0.4 is 14.8 Å². The Balaban J connectivity index is 2.41. The smallest absolute Gasteiger partial charge is 0.248 e. The molecule has 2 aromatic rings. The van der Waals surface area contributed by atoms with Gasteiger partial charge in [0.1, 0.15) is 24.7 Å². The Labute approximate surface area is 246 Å². The highest BCUT2D eigenvalue weighted by molar-refractivity contribution is 8.00. The molecule has 2 aromatic carbocycles. The predicted molar refractivity (Wildman–Crippen MR) is 155 cm³/mol. The number of hydrogen-bond acceptors (Lipinski definition) is 8. The Hall–Kier alpha value is -1.87. The fourth-order valence-electron chi connectivity index (χ4n) is 2.91. The van der Waals surface area contributed by atoms with Gasteiger partial charge in [0.15, 0.2) is 0 Å². The van der Waals surface area contributed by atoms with Crippen LogP contribution in [0.1, 0.15) is 33.3 Å². The lowest BCUT2D eigenvalue weighted by atomic mass is 10.1. The second-order valence-corrected chi connectivity index (χ2v) is 10.9. The number of hydrogen-bond donors (Lipinski definition) is 1. The van der Waals surface area contributed by atoms with Crippen LogP contribution in [-0.2, 0) is 4.79 Å². The minimum Gasteiger partial charge on any atom is -0.489 e. The first-order valence-electron chi connectivity index (χ1n) is 11.0. The van der Waals surface area contributed by atoms with Crippen molar-refractivity contribution in [2.24, 2.45) is 0 Å². The van der Waals surface area contributed by atoms with Crippen LogP contribution in [0.5, 0.6) is 11.5 Å². The van der Waals surface area contributed by atoms with Gasteiger partial charge in [-0.15, -0.1) is 0 Å². The van der Waals surface area contributed by atoms with E-state index in [4.69, 9.17) is 9.47 Å². The van der Waals surface area contributed by atoms with Crippen LogP contribution in [0.3, 0.4) is 0 Å². The van der Waals surface area contributed by atoms with Gasteiger partial charge in [-0.3, -0.25) is 4.79 Å². The molecule has 1 N–H and O–H groups in total. The lowest BCUT2D eigenvalue weighted by Crippen LogP contribution is -2.11. The molecule has 0 aliphatic carbocycles. The van der Waals surface area contributed by atoms with Gasteiger partial charge in [0, 0.05) is 17.7 Å². The van der Waals surface area contributed by atoms with E-state index >= 15 is 0 Å². The van der Waals surface area contributed by atoms with Crippen LogP contribution in [0.15, 0.2) is 72.1 Å². The van der Waals surface area contributed by atoms with Crippen molar-refractivity contribution in [2.75, 3.05) is 18.5 Å². The number of carbonyl (C=O) groups excluding carboxylic acids is 1. The quantitative estimate of drug-likeness (QED) is 0.124. The van der Waals surface area contributed by atoms with Gasteiger partial charge >= 0.3 is 0 Å². The maximum atomic E-state index is 13.8. The van der Waals surface area contributed by atoms with E-state index in [9.17, 15) is 24.2 Å². The van der Waals surface area contributed by atoms with Gasteiger partial charge in [0.2, 0.25) is 5.91 Å². The molecule has 0 heterocycles. The number of rotatable bonds is 14. The number of allylic oxidation sites excluding steroid dienone is 2. The highest BCUT2D eigenvalue weighted by Gasteiger charge is 2.29. The molecule has 1 amide bonds. The highest BCUT2D eigenvalue weighted by Crippen LogP contribution is 2.54. The normalized spacial score (nSPS) is 10.9. The predicted octanol–water partition coefficient (Wildman–Crippen LogP) is 10.9. The monoisotopic (exact) mass is 641 g/mol. The maximum absolute atomic E-state index is 13.8. The Kier molecular flexibility index (Phi) is 14.6. The third-order valence-electron chi connectivity index (χ3n) is 4.78. The number of carbonyl (C=O) groups is 1. The molecule has 0 fully saturated rings. The van der Waals surface area contributed by atoms with Crippen molar-refractivity contribution in [1.82, 2.24) is 0 Å². The van der Waals surface area contributed by atoms with Crippen LogP contribution in [-0.4, -0.2) is 19.1 Å². The molecule has 0 bridgehead atoms. The van der Waals surface area contributed by atoms with E-state index in [0.29, 0.717) is 23.7 Å². The number of halogens is 5. The number of nitrogens with one attached hydrogen (secondary N) is 1. The molecule has 0 atom stereocenters. The molecular formula is C25H24F5NO3S5. The minimum absolute atomic E-state index is 0.257. The van der Waals surface area contributed by atoms with E-state index in [1.807, 2.05) is 39.8 Å². The standard InChI is InChI=1S/C25H24F5NO3S5/c1-14(2)9-11-33-17-7-5-16(18(13-17)34-12-10-15(3)4)6-8-19(32)31-20-21(35-26)23(37-28)25(39-30)24(38-29)22(20)36-27/h5-10,13H,11-12H2,1-4H3,(H,31,32). The zero-order valence-electron chi connectivity index (χ0n) is 21.1.